The van der Waals surface area contributed by atoms with Crippen LogP contribution in [0.15, 0.2) is 101 Å². The van der Waals surface area contributed by atoms with E-state index < -0.39 is 12.8 Å². The number of nitrogens with one attached hydrogen (secondary N) is 3. The Hall–Kier alpha value is -4.28. The van der Waals surface area contributed by atoms with Crippen molar-refractivity contribution in [1.29, 1.82) is 0 Å². The lowest BCUT2D eigenvalue weighted by Crippen LogP contribution is -2.33. The summed E-state index contributed by atoms with van der Waals surface area (Å²) < 4.78 is 0. The molecule has 0 aliphatic rings. The van der Waals surface area contributed by atoms with Crippen molar-refractivity contribution in [2.75, 3.05) is 11.5 Å². The monoisotopic (exact) mass is 648 g/mol. The summed E-state index contributed by atoms with van der Waals surface area (Å²) in [6.07, 6.45) is 10.4. The molecule has 1 aromatic heterocycles. The summed E-state index contributed by atoms with van der Waals surface area (Å²) in [4.78, 5) is 36.9. The fourth-order valence-electron chi connectivity index (χ4n) is 6.47. The van der Waals surface area contributed by atoms with Crippen molar-refractivity contribution < 1.29 is 4.79 Å². The van der Waals surface area contributed by atoms with E-state index in [1.807, 2.05) is 0 Å². The molecule has 0 spiro atoms. The third-order valence-corrected chi connectivity index (χ3v) is 13.7. The second-order valence-electron chi connectivity index (χ2n) is 12.8. The van der Waals surface area contributed by atoms with Crippen LogP contribution >= 0.6 is 7.26 Å². The summed E-state index contributed by atoms with van der Waals surface area (Å²) in [5, 5.41) is 12.3. The van der Waals surface area contributed by atoms with Gasteiger partial charge in [0, 0.05) is 6.42 Å². The van der Waals surface area contributed by atoms with Gasteiger partial charge in [-0.2, -0.15) is 0 Å². The number of amides is 1. The highest BCUT2D eigenvalue weighted by atomic mass is 31.2. The zero-order chi connectivity index (χ0) is 33.2. The van der Waals surface area contributed by atoms with Crippen molar-refractivity contribution in [1.82, 2.24) is 10.2 Å². The van der Waals surface area contributed by atoms with Gasteiger partial charge in [0.15, 0.2) is 0 Å². The van der Waals surface area contributed by atoms with Gasteiger partial charge in [-0.05, 0) is 88.6 Å². The molecule has 5 rings (SSSR count). The Balaban J connectivity index is 1.11. The van der Waals surface area contributed by atoms with E-state index in [2.05, 4.69) is 109 Å². The molecule has 1 amide bonds. The van der Waals surface area contributed by atoms with E-state index in [1.54, 1.807) is 18.2 Å². The van der Waals surface area contributed by atoms with Crippen LogP contribution in [0, 0.1) is 20.8 Å². The van der Waals surface area contributed by atoms with E-state index in [1.165, 1.54) is 58.3 Å². The van der Waals surface area contributed by atoms with Gasteiger partial charge in [0.1, 0.15) is 23.2 Å². The summed E-state index contributed by atoms with van der Waals surface area (Å²) >= 11 is 0. The van der Waals surface area contributed by atoms with E-state index in [4.69, 9.17) is 0 Å². The molecule has 5 aromatic rings. The van der Waals surface area contributed by atoms with Crippen LogP contribution in [0.2, 0.25) is 0 Å². The van der Waals surface area contributed by atoms with Gasteiger partial charge in [0.25, 0.3) is 11.1 Å². The Morgan fingerprint density at radius 3 is 1.53 bits per heavy atom. The van der Waals surface area contributed by atoms with Crippen molar-refractivity contribution in [3.8, 4) is 0 Å². The van der Waals surface area contributed by atoms with Crippen LogP contribution in [0.1, 0.15) is 74.5 Å². The van der Waals surface area contributed by atoms with Crippen LogP contribution in [0.5, 0.6) is 0 Å². The summed E-state index contributed by atoms with van der Waals surface area (Å²) in [7, 11) is -1.81. The molecule has 0 atom stereocenters. The second-order valence-corrected chi connectivity index (χ2v) is 16.4. The van der Waals surface area contributed by atoms with E-state index in [0.29, 0.717) is 12.1 Å². The number of aromatic amines is 2. The van der Waals surface area contributed by atoms with Crippen LogP contribution < -0.4 is 32.3 Å². The molecule has 47 heavy (non-hydrogen) atoms. The zero-order valence-corrected chi connectivity index (χ0v) is 28.8. The highest BCUT2D eigenvalue weighted by molar-refractivity contribution is 7.95. The minimum absolute atomic E-state index is 0.139. The van der Waals surface area contributed by atoms with Gasteiger partial charge in [0.05, 0.1) is 22.6 Å². The lowest BCUT2D eigenvalue weighted by molar-refractivity contribution is -0.116. The SMILES string of the molecule is Cc1ccc([P+](CCCCCCCCCCC(=O)Nc2cccc3c(=O)[nH][nH]c(=O)c23)(c2ccc(C)cc2)c2ccc(C)cc2)cc1. The Bertz CT molecular complexity index is 1780. The standard InChI is InChI=1S/C40H46N3O3P/c1-29-16-22-32(23-17-29)47(33-24-18-30(2)19-25-33,34-26-20-31(3)21-27-34)28-11-9-7-5-4-6-8-10-15-37(44)41-36-14-12-13-35-38(36)40(46)43-42-39(35)45/h12-14,16-27H,4-11,15,28H2,1-3H3,(H2-,41,42,43,44,45,46)/p+1. The first-order valence-electron chi connectivity index (χ1n) is 16.9. The third-order valence-electron chi connectivity index (χ3n) is 9.17. The molecular formula is C40H47N3O3P+. The largest absolute Gasteiger partial charge is 0.325 e. The molecule has 0 saturated carbocycles. The van der Waals surface area contributed by atoms with Crippen molar-refractivity contribution in [3.05, 3.63) is 128 Å². The van der Waals surface area contributed by atoms with E-state index in [0.717, 1.165) is 31.8 Å². The average molecular weight is 649 g/mol. The molecule has 4 aromatic carbocycles. The number of carbonyl (C=O) groups excluding carboxylic acids is 1. The molecule has 0 saturated heterocycles. The number of unbranched alkanes of at least 4 members (excludes halogenated alkanes) is 7. The number of aromatic nitrogens is 2. The highest BCUT2D eigenvalue weighted by Gasteiger charge is 2.44. The number of hydrogen-bond acceptors (Lipinski definition) is 3. The minimum atomic E-state index is -1.81. The van der Waals surface area contributed by atoms with Crippen LogP contribution in [0.3, 0.4) is 0 Å². The van der Waals surface area contributed by atoms with Crippen molar-refractivity contribution in [3.63, 3.8) is 0 Å². The molecule has 0 fully saturated rings. The minimum Gasteiger partial charge on any atom is -0.325 e. The first-order chi connectivity index (χ1) is 22.8. The number of hydrogen-bond donors (Lipinski definition) is 3. The van der Waals surface area contributed by atoms with Crippen LogP contribution in [0.25, 0.3) is 10.8 Å². The number of aryl methyl sites for hydroxylation is 3. The Kier molecular flexibility index (Phi) is 11.6. The van der Waals surface area contributed by atoms with Crippen LogP contribution in [0.4, 0.5) is 5.69 Å². The lowest BCUT2D eigenvalue weighted by atomic mass is 10.1. The number of H-pyrrole nitrogens is 2. The van der Waals surface area contributed by atoms with E-state index in [-0.39, 0.29) is 22.2 Å². The Labute approximate surface area is 278 Å². The predicted octanol–water partition coefficient (Wildman–Crippen LogP) is 7.59. The van der Waals surface area contributed by atoms with E-state index in [9.17, 15) is 14.4 Å². The van der Waals surface area contributed by atoms with Crippen molar-refractivity contribution in [2.45, 2.75) is 78.6 Å². The Morgan fingerprint density at radius 2 is 1.02 bits per heavy atom. The number of benzene rings is 4. The zero-order valence-electron chi connectivity index (χ0n) is 27.9. The first-order valence-corrected chi connectivity index (χ1v) is 18.9. The average Bonchev–Trinajstić information content (AvgIpc) is 3.07. The molecule has 7 heteroatoms. The van der Waals surface area contributed by atoms with Gasteiger partial charge in [-0.1, -0.05) is 91.3 Å². The lowest BCUT2D eigenvalue weighted by Gasteiger charge is -2.28. The van der Waals surface area contributed by atoms with Crippen LogP contribution in [-0.2, 0) is 4.79 Å². The quantitative estimate of drug-likeness (QED) is 0.0807. The maximum Gasteiger partial charge on any atom is 0.272 e. The maximum absolute atomic E-state index is 12.6. The summed E-state index contributed by atoms with van der Waals surface area (Å²) in [6.45, 7) is 6.49. The number of carbonyl (C=O) groups is 1. The van der Waals surface area contributed by atoms with Gasteiger partial charge in [-0.25, -0.2) is 0 Å². The number of anilines is 1. The molecule has 6 nitrogen and oxygen atoms in total. The van der Waals surface area contributed by atoms with Crippen molar-refractivity contribution >= 4 is 45.5 Å². The molecule has 244 valence electrons. The Morgan fingerprint density at radius 1 is 0.574 bits per heavy atom. The molecule has 0 unspecified atom stereocenters. The van der Waals surface area contributed by atoms with E-state index >= 15 is 0 Å². The predicted molar refractivity (Wildman–Crippen MR) is 200 cm³/mol. The first kappa shape index (κ1) is 34.1. The number of fused-ring (bicyclic) bond motifs is 1. The summed E-state index contributed by atoms with van der Waals surface area (Å²) in [5.41, 5.74) is 3.43. The van der Waals surface area contributed by atoms with Gasteiger partial charge in [-0.15, -0.1) is 0 Å². The second kappa shape index (κ2) is 16.0. The number of rotatable bonds is 15. The van der Waals surface area contributed by atoms with Gasteiger partial charge in [0.2, 0.25) is 5.91 Å². The molecule has 0 bridgehead atoms. The topological polar surface area (TPSA) is 94.8 Å². The summed E-state index contributed by atoms with van der Waals surface area (Å²) in [6, 6.07) is 32.7. The van der Waals surface area contributed by atoms with Gasteiger partial charge < -0.3 is 5.32 Å². The molecular weight excluding hydrogens is 601 g/mol. The van der Waals surface area contributed by atoms with Crippen LogP contribution in [-0.4, -0.2) is 22.3 Å². The molecule has 3 N–H and O–H groups in total. The maximum atomic E-state index is 12.6. The molecule has 0 aliphatic heterocycles. The molecule has 0 radical (unpaired) electrons. The van der Waals surface area contributed by atoms with Crippen molar-refractivity contribution in [2.24, 2.45) is 0 Å². The fraction of sp³-hybridized carbons (Fsp3) is 0.325. The molecule has 0 aliphatic carbocycles. The summed E-state index contributed by atoms with van der Waals surface area (Å²) in [5.74, 6) is -0.139. The molecule has 1 heterocycles. The van der Waals surface area contributed by atoms with Gasteiger partial charge in [-0.3, -0.25) is 24.6 Å². The third kappa shape index (κ3) is 8.36. The van der Waals surface area contributed by atoms with Gasteiger partial charge >= 0.3 is 0 Å². The smallest absolute Gasteiger partial charge is 0.272 e. The normalized spacial score (nSPS) is 11.6. The fourth-order valence-corrected chi connectivity index (χ4v) is 10.8. The highest BCUT2D eigenvalue weighted by Crippen LogP contribution is 2.56.